The van der Waals surface area contributed by atoms with Crippen molar-refractivity contribution in [1.29, 1.82) is 0 Å². The maximum absolute atomic E-state index is 5.75. The molecule has 1 aliphatic heterocycles. The lowest BCUT2D eigenvalue weighted by atomic mass is 10.1. The van der Waals surface area contributed by atoms with Gasteiger partial charge in [-0.1, -0.05) is 6.07 Å². The third-order valence-corrected chi connectivity index (χ3v) is 4.81. The van der Waals surface area contributed by atoms with E-state index in [1.54, 1.807) is 0 Å². The Morgan fingerprint density at radius 1 is 1.20 bits per heavy atom. The third-order valence-electron chi connectivity index (χ3n) is 4.81. The van der Waals surface area contributed by atoms with Gasteiger partial charge in [0.1, 0.15) is 0 Å². The van der Waals surface area contributed by atoms with Crippen molar-refractivity contribution in [3.63, 3.8) is 0 Å². The Balaban J connectivity index is 1.84. The molecule has 1 saturated heterocycles. The molecule has 1 aliphatic rings. The number of nitrogens with one attached hydrogen (secondary N) is 2. The summed E-state index contributed by atoms with van der Waals surface area (Å²) in [7, 11) is 0. The molecular weight excluding hydrogens is 382 g/mol. The molecule has 2 rings (SSSR count). The fourth-order valence-corrected chi connectivity index (χ4v) is 3.29. The minimum atomic E-state index is 0.0773. The monoisotopic (exact) mass is 421 g/mol. The molecule has 1 heterocycles. The lowest BCUT2D eigenvalue weighted by molar-refractivity contribution is 0.0171. The Bertz CT molecular complexity index is 633. The molecule has 0 bridgehead atoms. The number of aliphatic imine (C=N–C) groups is 1. The first-order chi connectivity index (χ1) is 14.7. The molecule has 0 saturated carbocycles. The van der Waals surface area contributed by atoms with Crippen molar-refractivity contribution < 1.29 is 18.9 Å². The topological polar surface area (TPSA) is 73.3 Å². The molecule has 170 valence electrons. The summed E-state index contributed by atoms with van der Waals surface area (Å²) in [5.74, 6) is 2.35. The summed E-state index contributed by atoms with van der Waals surface area (Å²) in [6.07, 6.45) is 3.43. The van der Waals surface area contributed by atoms with Gasteiger partial charge in [0.15, 0.2) is 17.5 Å². The highest BCUT2D eigenvalue weighted by Crippen LogP contribution is 2.30. The van der Waals surface area contributed by atoms with Gasteiger partial charge >= 0.3 is 0 Å². The standard InChI is InChI=1S/C23H39N3O4/c1-5-24-23(25-13-9-14-27-17-20-10-8-15-30-20)26-18(4)19-11-12-21(28-6-2)22(16-19)29-7-3/h11-12,16,18,20H,5-10,13-15,17H2,1-4H3,(H2,24,25,26). The van der Waals surface area contributed by atoms with Gasteiger partial charge in [0.25, 0.3) is 0 Å². The predicted molar refractivity (Wildman–Crippen MR) is 121 cm³/mol. The Morgan fingerprint density at radius 2 is 2.00 bits per heavy atom. The van der Waals surface area contributed by atoms with Gasteiger partial charge in [-0.3, -0.25) is 4.99 Å². The van der Waals surface area contributed by atoms with Crippen molar-refractivity contribution in [3.8, 4) is 11.5 Å². The average molecular weight is 422 g/mol. The fraction of sp³-hybridized carbons (Fsp3) is 0.696. The lowest BCUT2D eigenvalue weighted by Crippen LogP contribution is -2.38. The van der Waals surface area contributed by atoms with Crippen LogP contribution in [0.5, 0.6) is 11.5 Å². The Morgan fingerprint density at radius 3 is 2.70 bits per heavy atom. The van der Waals surface area contributed by atoms with E-state index in [0.29, 0.717) is 33.0 Å². The zero-order valence-corrected chi connectivity index (χ0v) is 19.0. The van der Waals surface area contributed by atoms with E-state index in [9.17, 15) is 0 Å². The molecular formula is C23H39N3O4. The summed E-state index contributed by atoms with van der Waals surface area (Å²) in [4.78, 5) is 4.68. The van der Waals surface area contributed by atoms with Crippen LogP contribution in [0.2, 0.25) is 0 Å². The van der Waals surface area contributed by atoms with Crippen molar-refractivity contribution in [2.24, 2.45) is 4.99 Å². The zero-order valence-electron chi connectivity index (χ0n) is 19.0. The van der Waals surface area contributed by atoms with Gasteiger partial charge < -0.3 is 29.6 Å². The second kappa shape index (κ2) is 14.1. The highest BCUT2D eigenvalue weighted by molar-refractivity contribution is 5.80. The SMILES string of the molecule is CCNC(=NCCCOCC1CCCO1)NC(C)c1ccc(OCC)c(OCC)c1. The lowest BCUT2D eigenvalue weighted by Gasteiger charge is -2.20. The minimum absolute atomic E-state index is 0.0773. The molecule has 0 aliphatic carbocycles. The van der Waals surface area contributed by atoms with Crippen molar-refractivity contribution >= 4 is 5.96 Å². The van der Waals surface area contributed by atoms with Crippen LogP contribution in [0.4, 0.5) is 0 Å². The number of benzene rings is 1. The molecule has 2 N–H and O–H groups in total. The molecule has 0 amide bonds. The van der Waals surface area contributed by atoms with Crippen LogP contribution in [0.3, 0.4) is 0 Å². The molecule has 0 aromatic heterocycles. The van der Waals surface area contributed by atoms with E-state index in [1.807, 2.05) is 26.0 Å². The summed E-state index contributed by atoms with van der Waals surface area (Å²) in [6.45, 7) is 13.1. The molecule has 7 heteroatoms. The number of nitrogens with zero attached hydrogens (tertiary/aromatic N) is 1. The number of hydrogen-bond acceptors (Lipinski definition) is 5. The molecule has 1 aromatic carbocycles. The first-order valence-electron chi connectivity index (χ1n) is 11.3. The van der Waals surface area contributed by atoms with E-state index in [4.69, 9.17) is 18.9 Å². The highest BCUT2D eigenvalue weighted by atomic mass is 16.5. The van der Waals surface area contributed by atoms with Crippen LogP contribution in [0.25, 0.3) is 0 Å². The molecule has 2 unspecified atom stereocenters. The molecule has 0 spiro atoms. The summed E-state index contributed by atoms with van der Waals surface area (Å²) < 4.78 is 22.7. The van der Waals surface area contributed by atoms with Crippen molar-refractivity contribution in [3.05, 3.63) is 23.8 Å². The normalized spacial score (nSPS) is 17.6. The number of ether oxygens (including phenoxy) is 4. The molecule has 30 heavy (non-hydrogen) atoms. The fourth-order valence-electron chi connectivity index (χ4n) is 3.29. The van der Waals surface area contributed by atoms with E-state index < -0.39 is 0 Å². The van der Waals surface area contributed by atoms with Crippen LogP contribution in [0.1, 0.15) is 58.6 Å². The van der Waals surface area contributed by atoms with Crippen LogP contribution in [0, 0.1) is 0 Å². The van der Waals surface area contributed by atoms with E-state index in [-0.39, 0.29) is 12.1 Å². The van der Waals surface area contributed by atoms with Gasteiger partial charge in [-0.2, -0.15) is 0 Å². The molecule has 1 fully saturated rings. The van der Waals surface area contributed by atoms with E-state index in [1.165, 1.54) is 0 Å². The quantitative estimate of drug-likeness (QED) is 0.288. The minimum Gasteiger partial charge on any atom is -0.490 e. The summed E-state index contributed by atoms with van der Waals surface area (Å²) >= 11 is 0. The maximum Gasteiger partial charge on any atom is 0.191 e. The molecule has 1 aromatic rings. The molecule has 0 radical (unpaired) electrons. The molecule has 2 atom stereocenters. The maximum atomic E-state index is 5.75. The van der Waals surface area contributed by atoms with Crippen LogP contribution >= 0.6 is 0 Å². The van der Waals surface area contributed by atoms with Gasteiger partial charge in [-0.15, -0.1) is 0 Å². The van der Waals surface area contributed by atoms with Crippen molar-refractivity contribution in [1.82, 2.24) is 10.6 Å². The number of guanidine groups is 1. The van der Waals surface area contributed by atoms with Gasteiger partial charge in [-0.05, 0) is 64.7 Å². The van der Waals surface area contributed by atoms with Gasteiger partial charge in [0, 0.05) is 26.3 Å². The average Bonchev–Trinajstić information content (AvgIpc) is 3.25. The summed E-state index contributed by atoms with van der Waals surface area (Å²) in [6, 6.07) is 6.15. The number of hydrogen-bond donors (Lipinski definition) is 2. The Kier molecular flexibility index (Phi) is 11.4. The highest BCUT2D eigenvalue weighted by Gasteiger charge is 2.15. The van der Waals surface area contributed by atoms with Gasteiger partial charge in [0.2, 0.25) is 0 Å². The summed E-state index contributed by atoms with van der Waals surface area (Å²) in [5, 5.41) is 6.78. The van der Waals surface area contributed by atoms with Crippen molar-refractivity contribution in [2.75, 3.05) is 46.1 Å². The molecule has 7 nitrogen and oxygen atoms in total. The van der Waals surface area contributed by atoms with Gasteiger partial charge in [0.05, 0.1) is 32.0 Å². The Hall–Kier alpha value is -1.99. The number of rotatable bonds is 13. The van der Waals surface area contributed by atoms with E-state index in [2.05, 4.69) is 35.5 Å². The zero-order chi connectivity index (χ0) is 21.6. The largest absolute Gasteiger partial charge is 0.490 e. The smallest absolute Gasteiger partial charge is 0.191 e. The third kappa shape index (κ3) is 8.40. The van der Waals surface area contributed by atoms with Crippen LogP contribution in [0.15, 0.2) is 23.2 Å². The Labute approximate surface area is 181 Å². The second-order valence-corrected chi connectivity index (χ2v) is 7.26. The van der Waals surface area contributed by atoms with E-state index in [0.717, 1.165) is 55.4 Å². The van der Waals surface area contributed by atoms with E-state index >= 15 is 0 Å². The van der Waals surface area contributed by atoms with Crippen LogP contribution < -0.4 is 20.1 Å². The predicted octanol–water partition coefficient (Wildman–Crippen LogP) is 3.69. The second-order valence-electron chi connectivity index (χ2n) is 7.26. The summed E-state index contributed by atoms with van der Waals surface area (Å²) in [5.41, 5.74) is 1.12. The first-order valence-corrected chi connectivity index (χ1v) is 11.3. The van der Waals surface area contributed by atoms with Crippen LogP contribution in [-0.4, -0.2) is 58.2 Å². The van der Waals surface area contributed by atoms with Gasteiger partial charge in [-0.25, -0.2) is 0 Å². The van der Waals surface area contributed by atoms with Crippen LogP contribution in [-0.2, 0) is 9.47 Å². The first kappa shape index (κ1) is 24.3. The van der Waals surface area contributed by atoms with Crippen molar-refractivity contribution in [2.45, 2.75) is 59.1 Å².